The first kappa shape index (κ1) is 22.6. The molecule has 2 heterocycles. The van der Waals surface area contributed by atoms with Crippen molar-refractivity contribution in [3.8, 4) is 0 Å². The quantitative estimate of drug-likeness (QED) is 0.647. The second-order valence-electron chi connectivity index (χ2n) is 9.03. The molecule has 1 aliphatic heterocycles. The predicted molar refractivity (Wildman–Crippen MR) is 126 cm³/mol. The van der Waals surface area contributed by atoms with Gasteiger partial charge in [0.2, 0.25) is 0 Å². The van der Waals surface area contributed by atoms with Crippen molar-refractivity contribution in [3.63, 3.8) is 0 Å². The van der Waals surface area contributed by atoms with E-state index in [1.54, 1.807) is 0 Å². The number of H-pyrrole nitrogens is 1. The molecule has 4 rings (SSSR count). The maximum atomic E-state index is 12.7. The number of nitrogens with zero attached hydrogens (tertiary/aromatic N) is 2. The Kier molecular flexibility index (Phi) is 6.74. The summed E-state index contributed by atoms with van der Waals surface area (Å²) in [5.74, 6) is 0.231. The minimum Gasteiger partial charge on any atom is -0.466 e. The highest BCUT2D eigenvalue weighted by molar-refractivity contribution is 5.90. The van der Waals surface area contributed by atoms with Gasteiger partial charge in [-0.05, 0) is 64.3 Å². The van der Waals surface area contributed by atoms with Gasteiger partial charge >= 0.3 is 12.0 Å². The maximum absolute atomic E-state index is 12.7. The van der Waals surface area contributed by atoms with Gasteiger partial charge in [0.1, 0.15) is 0 Å². The van der Waals surface area contributed by atoms with Crippen LogP contribution in [0, 0.1) is 0 Å². The molecule has 1 aromatic heterocycles. The van der Waals surface area contributed by atoms with Gasteiger partial charge in [-0.2, -0.15) is 0 Å². The molecular weight excluding hydrogens is 404 g/mol. The molecule has 2 amide bonds. The second-order valence-corrected chi connectivity index (χ2v) is 9.03. The number of carbonyl (C=O) groups excluding carboxylic acids is 2. The Balaban J connectivity index is 1.59. The summed E-state index contributed by atoms with van der Waals surface area (Å²) in [5, 5.41) is 4.59. The second kappa shape index (κ2) is 9.53. The van der Waals surface area contributed by atoms with Crippen molar-refractivity contribution in [1.29, 1.82) is 0 Å². The van der Waals surface area contributed by atoms with Gasteiger partial charge in [0.25, 0.3) is 0 Å². The van der Waals surface area contributed by atoms with Gasteiger partial charge in [0.15, 0.2) is 0 Å². The number of aromatic amines is 1. The van der Waals surface area contributed by atoms with E-state index in [0.717, 1.165) is 43.7 Å². The van der Waals surface area contributed by atoms with Crippen molar-refractivity contribution in [2.24, 2.45) is 0 Å². The van der Waals surface area contributed by atoms with E-state index in [9.17, 15) is 9.59 Å². The smallest absolute Gasteiger partial charge is 0.317 e. The molecule has 2 aliphatic rings. The molecular formula is C25H36N4O3. The van der Waals surface area contributed by atoms with Crippen molar-refractivity contribution >= 4 is 22.9 Å². The Morgan fingerprint density at radius 3 is 2.75 bits per heavy atom. The lowest BCUT2D eigenvalue weighted by atomic mass is 9.73. The lowest BCUT2D eigenvalue weighted by Gasteiger charge is -2.46. The number of hydrogen-bond donors (Lipinski definition) is 2. The number of benzene rings is 1. The van der Waals surface area contributed by atoms with Gasteiger partial charge in [0, 0.05) is 54.2 Å². The minimum atomic E-state index is -0.145. The van der Waals surface area contributed by atoms with Crippen LogP contribution in [-0.2, 0) is 22.4 Å². The van der Waals surface area contributed by atoms with Gasteiger partial charge in [-0.15, -0.1) is 0 Å². The first-order valence-corrected chi connectivity index (χ1v) is 12.0. The number of nitrogens with one attached hydrogen (secondary N) is 2. The number of piperidine rings is 1. The molecule has 0 unspecified atom stereocenters. The van der Waals surface area contributed by atoms with Crippen molar-refractivity contribution in [2.45, 2.75) is 64.5 Å². The van der Waals surface area contributed by atoms with Crippen LogP contribution in [0.25, 0.3) is 10.9 Å². The molecule has 0 spiro atoms. The summed E-state index contributed by atoms with van der Waals surface area (Å²) in [4.78, 5) is 32.4. The molecule has 1 aromatic carbocycles. The molecule has 32 heavy (non-hydrogen) atoms. The topological polar surface area (TPSA) is 77.7 Å². The fourth-order valence-corrected chi connectivity index (χ4v) is 5.66. The number of aryl methyl sites for hydroxylation is 1. The largest absolute Gasteiger partial charge is 0.466 e. The standard InChI is InChI=1S/C25H36N4O3/c1-5-29(6-2)25(31)26-16-13-18-17-9-8-10-21-24(17)19(14-22(18)28(4)15-16)20(27-21)11-12-23(30)32-7-3/h8-10,16,18,22,27H,5-7,11-15H2,1-4H3,(H,26,31)/t16-,18+,22+/m0/s1. The molecule has 7 nitrogen and oxygen atoms in total. The number of amides is 2. The van der Waals surface area contributed by atoms with Crippen molar-refractivity contribution in [3.05, 3.63) is 35.0 Å². The van der Waals surface area contributed by atoms with Gasteiger partial charge in [0.05, 0.1) is 13.0 Å². The van der Waals surface area contributed by atoms with Crippen LogP contribution in [0.3, 0.4) is 0 Å². The number of likely N-dealkylation sites (tertiary alicyclic amines) is 1. The number of urea groups is 1. The van der Waals surface area contributed by atoms with Crippen molar-refractivity contribution in [1.82, 2.24) is 20.1 Å². The lowest BCUT2D eigenvalue weighted by Crippen LogP contribution is -2.56. The molecule has 2 aromatic rings. The van der Waals surface area contributed by atoms with Crippen LogP contribution in [-0.4, -0.2) is 72.2 Å². The molecule has 174 valence electrons. The van der Waals surface area contributed by atoms with E-state index in [0.29, 0.717) is 31.4 Å². The Hall–Kier alpha value is -2.54. The third-order valence-electron chi connectivity index (χ3n) is 7.20. The van der Waals surface area contributed by atoms with Crippen LogP contribution in [0.1, 0.15) is 56.4 Å². The van der Waals surface area contributed by atoms with Gasteiger partial charge in [-0.3, -0.25) is 4.79 Å². The van der Waals surface area contributed by atoms with E-state index in [4.69, 9.17) is 4.74 Å². The normalized spacial score (nSPS) is 22.4. The maximum Gasteiger partial charge on any atom is 0.317 e. The fourth-order valence-electron chi connectivity index (χ4n) is 5.66. The summed E-state index contributed by atoms with van der Waals surface area (Å²) < 4.78 is 5.13. The van der Waals surface area contributed by atoms with Crippen LogP contribution in [0.4, 0.5) is 4.79 Å². The Labute approximate surface area is 190 Å². The van der Waals surface area contributed by atoms with Crippen molar-refractivity contribution < 1.29 is 14.3 Å². The summed E-state index contributed by atoms with van der Waals surface area (Å²) >= 11 is 0. The molecule has 3 atom stereocenters. The highest BCUT2D eigenvalue weighted by Gasteiger charge is 2.40. The summed E-state index contributed by atoms with van der Waals surface area (Å²) in [6.07, 6.45) is 2.98. The zero-order valence-corrected chi connectivity index (χ0v) is 19.7. The fraction of sp³-hybridized carbons (Fsp3) is 0.600. The first-order chi connectivity index (χ1) is 15.5. The number of esters is 1. The van der Waals surface area contributed by atoms with Gasteiger partial charge in [-0.25, -0.2) is 4.79 Å². The number of likely N-dealkylation sites (N-methyl/N-ethyl adjacent to an activating group) is 1. The van der Waals surface area contributed by atoms with E-state index < -0.39 is 0 Å². The van der Waals surface area contributed by atoms with Crippen molar-refractivity contribution in [2.75, 3.05) is 33.3 Å². The highest BCUT2D eigenvalue weighted by atomic mass is 16.5. The number of rotatable bonds is 7. The number of ether oxygens (including phenoxy) is 1. The molecule has 7 heteroatoms. The molecule has 0 bridgehead atoms. The monoisotopic (exact) mass is 440 g/mol. The van der Waals surface area contributed by atoms with E-state index in [2.05, 4.69) is 40.4 Å². The minimum absolute atomic E-state index is 0.0319. The van der Waals surface area contributed by atoms with Crippen LogP contribution >= 0.6 is 0 Å². The summed E-state index contributed by atoms with van der Waals surface area (Å²) in [7, 11) is 2.17. The molecule has 0 saturated carbocycles. The average Bonchev–Trinajstić information content (AvgIpc) is 3.13. The SMILES string of the molecule is CCOC(=O)CCc1[nH]c2cccc3c2c1C[C@@H]1[C@@H]3C[C@H](NC(=O)N(CC)CC)CN1C. The van der Waals surface area contributed by atoms with Crippen LogP contribution in [0.2, 0.25) is 0 Å². The van der Waals surface area contributed by atoms with E-state index in [-0.39, 0.29) is 18.0 Å². The molecule has 2 N–H and O–H groups in total. The van der Waals surface area contributed by atoms with Gasteiger partial charge in [-0.1, -0.05) is 12.1 Å². The number of fused-ring (bicyclic) bond motifs is 2. The third kappa shape index (κ3) is 4.22. The molecule has 1 saturated heterocycles. The predicted octanol–water partition coefficient (Wildman–Crippen LogP) is 3.43. The first-order valence-electron chi connectivity index (χ1n) is 12.0. The lowest BCUT2D eigenvalue weighted by molar-refractivity contribution is -0.143. The number of carbonyl (C=O) groups is 2. The Morgan fingerprint density at radius 1 is 1.25 bits per heavy atom. The van der Waals surface area contributed by atoms with Gasteiger partial charge < -0.3 is 24.8 Å². The Bertz CT molecular complexity index is 981. The zero-order valence-electron chi connectivity index (χ0n) is 19.7. The summed E-state index contributed by atoms with van der Waals surface area (Å²) in [6, 6.07) is 7.05. The molecule has 1 aliphatic carbocycles. The highest BCUT2D eigenvalue weighted by Crippen LogP contribution is 2.44. The average molecular weight is 441 g/mol. The van der Waals surface area contributed by atoms with Crippen LogP contribution < -0.4 is 5.32 Å². The van der Waals surface area contributed by atoms with E-state index in [1.807, 2.05) is 25.7 Å². The summed E-state index contributed by atoms with van der Waals surface area (Å²) in [5.41, 5.74) is 5.01. The molecule has 1 fully saturated rings. The molecule has 0 radical (unpaired) electrons. The van der Waals surface area contributed by atoms with Crippen LogP contribution in [0.5, 0.6) is 0 Å². The van der Waals surface area contributed by atoms with Crippen LogP contribution in [0.15, 0.2) is 18.2 Å². The number of hydrogen-bond acceptors (Lipinski definition) is 4. The Morgan fingerprint density at radius 2 is 2.03 bits per heavy atom. The van der Waals surface area contributed by atoms with E-state index in [1.165, 1.54) is 16.5 Å². The third-order valence-corrected chi connectivity index (χ3v) is 7.20. The zero-order chi connectivity index (χ0) is 22.8. The number of aromatic nitrogens is 1. The van der Waals surface area contributed by atoms with E-state index >= 15 is 0 Å². The summed E-state index contributed by atoms with van der Waals surface area (Å²) in [6.45, 7) is 8.58.